The monoisotopic (exact) mass is 428 g/mol. The van der Waals surface area contributed by atoms with Crippen molar-refractivity contribution in [1.82, 2.24) is 0 Å². The molecule has 180 valence electrons. The highest BCUT2D eigenvalue weighted by atomic mass is 14.6. The molecule has 0 heteroatoms. The summed E-state index contributed by atoms with van der Waals surface area (Å²) in [5.41, 5.74) is 1.59. The van der Waals surface area contributed by atoms with Crippen LogP contribution in [0, 0.1) is 34.5 Å². The van der Waals surface area contributed by atoms with Crippen LogP contribution in [0.3, 0.4) is 0 Å². The summed E-state index contributed by atoms with van der Waals surface area (Å²) in [5.74, 6) is 4.40. The molecule has 0 saturated heterocycles. The summed E-state index contributed by atoms with van der Waals surface area (Å²) in [7, 11) is 0. The fraction of sp³-hybridized carbons (Fsp3) is 1.00. The molecule has 0 aromatic carbocycles. The van der Waals surface area contributed by atoms with Gasteiger partial charge in [-0.25, -0.2) is 0 Å². The molecule has 31 heavy (non-hydrogen) atoms. The Bertz CT molecular complexity index is 478. The zero-order valence-corrected chi connectivity index (χ0v) is 21.6. The Hall–Kier alpha value is 0. The summed E-state index contributed by atoms with van der Waals surface area (Å²) in [4.78, 5) is 0. The van der Waals surface area contributed by atoms with Gasteiger partial charge in [0.2, 0.25) is 0 Å². The van der Waals surface area contributed by atoms with E-state index < -0.39 is 0 Å². The Balaban J connectivity index is 1.18. The highest BCUT2D eigenvalue weighted by Crippen LogP contribution is 2.63. The average molecular weight is 429 g/mol. The zero-order chi connectivity index (χ0) is 21.6. The third-order valence-electron chi connectivity index (χ3n) is 11.4. The molecule has 0 aliphatic heterocycles. The summed E-state index contributed by atoms with van der Waals surface area (Å²) in [6.07, 6.45) is 35.6. The summed E-state index contributed by atoms with van der Waals surface area (Å²) in [6, 6.07) is 0. The smallest absolute Gasteiger partial charge is 0.0269 e. The Labute approximate surface area is 196 Å². The minimum atomic E-state index is 0.793. The van der Waals surface area contributed by atoms with Crippen molar-refractivity contribution in [2.24, 2.45) is 34.5 Å². The lowest BCUT2D eigenvalue weighted by atomic mass is 9.47. The SMILES string of the molecule is CCCCCCCC12CCC([C@H]3CC[C@H]([C@H]4CC[C@H](CCCC)CC4)CC3)(CC1)CC2. The molecule has 2 bridgehead atoms. The topological polar surface area (TPSA) is 0 Å². The zero-order valence-electron chi connectivity index (χ0n) is 21.6. The first-order valence-corrected chi connectivity index (χ1v) is 15.2. The van der Waals surface area contributed by atoms with Crippen LogP contribution in [0.4, 0.5) is 0 Å². The van der Waals surface area contributed by atoms with E-state index in [-0.39, 0.29) is 0 Å². The largest absolute Gasteiger partial charge is 0.0654 e. The van der Waals surface area contributed by atoms with Crippen LogP contribution in [0.15, 0.2) is 0 Å². The van der Waals surface area contributed by atoms with Crippen molar-refractivity contribution in [2.75, 3.05) is 0 Å². The van der Waals surface area contributed by atoms with Gasteiger partial charge in [-0.05, 0) is 118 Å². The van der Waals surface area contributed by atoms with Crippen molar-refractivity contribution in [2.45, 2.75) is 162 Å². The van der Waals surface area contributed by atoms with E-state index in [1.807, 2.05) is 0 Å². The Kier molecular flexibility index (Phi) is 8.89. The van der Waals surface area contributed by atoms with Crippen molar-refractivity contribution in [3.05, 3.63) is 0 Å². The summed E-state index contributed by atoms with van der Waals surface area (Å²) in [5, 5.41) is 0. The quantitative estimate of drug-likeness (QED) is 0.287. The number of hydrogen-bond acceptors (Lipinski definition) is 0. The second-order valence-corrected chi connectivity index (χ2v) is 13.1. The minimum absolute atomic E-state index is 0.793. The summed E-state index contributed by atoms with van der Waals surface area (Å²) < 4.78 is 0. The molecule has 0 aromatic heterocycles. The summed E-state index contributed by atoms with van der Waals surface area (Å²) >= 11 is 0. The molecule has 5 aliphatic rings. The number of unbranched alkanes of at least 4 members (excludes halogenated alkanes) is 5. The van der Waals surface area contributed by atoms with Crippen LogP contribution in [0.2, 0.25) is 0 Å². The molecular formula is C31H56. The standard InChI is InChI=1S/C31H56/c1-3-5-7-8-9-19-30-20-23-31(24-21-30,25-22-30)29-17-15-28(16-18-29)27-13-11-26(12-14-27)10-6-4-2/h26-29H,3-25H2,1-2H3/t26-,27-,28-,29-,30?,31?. The lowest BCUT2D eigenvalue weighted by molar-refractivity contribution is -0.0680. The van der Waals surface area contributed by atoms with E-state index in [1.54, 1.807) is 96.3 Å². The van der Waals surface area contributed by atoms with Gasteiger partial charge in [-0.2, -0.15) is 0 Å². The van der Waals surface area contributed by atoms with Crippen molar-refractivity contribution >= 4 is 0 Å². The van der Waals surface area contributed by atoms with E-state index in [2.05, 4.69) is 13.8 Å². The van der Waals surface area contributed by atoms with Crippen molar-refractivity contribution in [1.29, 1.82) is 0 Å². The Morgan fingerprint density at radius 2 is 1.10 bits per heavy atom. The van der Waals surface area contributed by atoms with Gasteiger partial charge in [0, 0.05) is 0 Å². The van der Waals surface area contributed by atoms with Gasteiger partial charge in [-0.3, -0.25) is 0 Å². The van der Waals surface area contributed by atoms with Crippen LogP contribution >= 0.6 is 0 Å². The molecule has 0 atom stereocenters. The number of fused-ring (bicyclic) bond motifs is 3. The fourth-order valence-corrected chi connectivity index (χ4v) is 9.03. The van der Waals surface area contributed by atoms with Gasteiger partial charge in [-0.15, -0.1) is 0 Å². The van der Waals surface area contributed by atoms with E-state index in [4.69, 9.17) is 0 Å². The molecule has 5 fully saturated rings. The van der Waals surface area contributed by atoms with Gasteiger partial charge in [0.25, 0.3) is 0 Å². The van der Waals surface area contributed by atoms with E-state index in [0.29, 0.717) is 0 Å². The maximum absolute atomic E-state index is 2.36. The molecule has 0 heterocycles. The first-order chi connectivity index (χ1) is 15.2. The van der Waals surface area contributed by atoms with Crippen LogP contribution in [0.1, 0.15) is 162 Å². The maximum atomic E-state index is 2.36. The van der Waals surface area contributed by atoms with Gasteiger partial charge in [0.05, 0.1) is 0 Å². The molecule has 0 amide bonds. The van der Waals surface area contributed by atoms with Crippen LogP contribution in [0.25, 0.3) is 0 Å². The van der Waals surface area contributed by atoms with Gasteiger partial charge >= 0.3 is 0 Å². The molecule has 0 unspecified atom stereocenters. The molecule has 0 aromatic rings. The minimum Gasteiger partial charge on any atom is -0.0654 e. The van der Waals surface area contributed by atoms with Crippen molar-refractivity contribution < 1.29 is 0 Å². The summed E-state index contributed by atoms with van der Waals surface area (Å²) in [6.45, 7) is 4.70. The Morgan fingerprint density at radius 1 is 0.548 bits per heavy atom. The lowest BCUT2D eigenvalue weighted by Gasteiger charge is -2.58. The first-order valence-electron chi connectivity index (χ1n) is 15.2. The molecular weight excluding hydrogens is 372 g/mol. The normalized spacial score (nSPS) is 40.8. The van der Waals surface area contributed by atoms with Gasteiger partial charge < -0.3 is 0 Å². The fourth-order valence-electron chi connectivity index (χ4n) is 9.03. The predicted octanol–water partition coefficient (Wildman–Crippen LogP) is 10.5. The number of rotatable bonds is 11. The van der Waals surface area contributed by atoms with Crippen molar-refractivity contribution in [3.63, 3.8) is 0 Å². The van der Waals surface area contributed by atoms with Crippen LogP contribution < -0.4 is 0 Å². The van der Waals surface area contributed by atoms with E-state index >= 15 is 0 Å². The maximum Gasteiger partial charge on any atom is -0.0269 e. The van der Waals surface area contributed by atoms with Crippen molar-refractivity contribution in [3.8, 4) is 0 Å². The highest BCUT2D eigenvalue weighted by Gasteiger charge is 2.51. The van der Waals surface area contributed by atoms with Gasteiger partial charge in [0.1, 0.15) is 0 Å². The second-order valence-electron chi connectivity index (χ2n) is 13.1. The van der Waals surface area contributed by atoms with E-state index in [1.165, 1.54) is 51.4 Å². The number of hydrogen-bond donors (Lipinski definition) is 0. The molecule has 0 nitrogen and oxygen atoms in total. The molecule has 0 spiro atoms. The molecule has 5 rings (SSSR count). The third-order valence-corrected chi connectivity index (χ3v) is 11.4. The second kappa shape index (κ2) is 11.4. The van der Waals surface area contributed by atoms with Crippen LogP contribution in [-0.4, -0.2) is 0 Å². The molecule has 5 saturated carbocycles. The average Bonchev–Trinajstić information content (AvgIpc) is 2.84. The highest BCUT2D eigenvalue weighted by molar-refractivity contribution is 5.03. The van der Waals surface area contributed by atoms with Crippen LogP contribution in [-0.2, 0) is 0 Å². The Morgan fingerprint density at radius 3 is 1.68 bits per heavy atom. The van der Waals surface area contributed by atoms with Crippen LogP contribution in [0.5, 0.6) is 0 Å². The molecule has 0 N–H and O–H groups in total. The third kappa shape index (κ3) is 5.93. The van der Waals surface area contributed by atoms with Gasteiger partial charge in [-0.1, -0.05) is 78.1 Å². The molecule has 0 radical (unpaired) electrons. The first kappa shape index (κ1) is 24.1. The predicted molar refractivity (Wildman–Crippen MR) is 136 cm³/mol. The lowest BCUT2D eigenvalue weighted by Crippen LogP contribution is -2.46. The molecule has 5 aliphatic carbocycles. The van der Waals surface area contributed by atoms with Gasteiger partial charge in [0.15, 0.2) is 0 Å². The van der Waals surface area contributed by atoms with E-state index in [9.17, 15) is 0 Å². The van der Waals surface area contributed by atoms with E-state index in [0.717, 1.165) is 34.5 Å².